The van der Waals surface area contributed by atoms with E-state index in [4.69, 9.17) is 17.6 Å². The van der Waals surface area contributed by atoms with Gasteiger partial charge < -0.3 is 0 Å². The normalized spacial score (nSPS) is 22.4. The summed E-state index contributed by atoms with van der Waals surface area (Å²) in [5.41, 5.74) is 0.240. The molecule has 1 aliphatic heterocycles. The summed E-state index contributed by atoms with van der Waals surface area (Å²) in [4.78, 5) is 1.68. The molecular formula is C14H17N3OS. The van der Waals surface area contributed by atoms with Gasteiger partial charge in [0.2, 0.25) is 5.11 Å². The molecule has 0 amide bonds. The van der Waals surface area contributed by atoms with E-state index in [0.29, 0.717) is 10.9 Å². The van der Waals surface area contributed by atoms with Crippen LogP contribution in [-0.4, -0.2) is 26.8 Å². The second kappa shape index (κ2) is 4.58. The first-order valence-electron chi connectivity index (χ1n) is 6.64. The van der Waals surface area contributed by atoms with Gasteiger partial charge in [0.1, 0.15) is 11.4 Å². The van der Waals surface area contributed by atoms with Gasteiger partial charge in [0, 0.05) is 5.69 Å². The molecule has 1 aromatic rings. The lowest BCUT2D eigenvalue weighted by atomic mass is 9.81. The molecule has 1 aromatic carbocycles. The Kier molecular flexibility index (Phi) is 3.03. The van der Waals surface area contributed by atoms with Crippen LogP contribution in [0.4, 0.5) is 5.69 Å². The zero-order valence-corrected chi connectivity index (χ0v) is 11.5. The van der Waals surface area contributed by atoms with Gasteiger partial charge in [0.25, 0.3) is 0 Å². The van der Waals surface area contributed by atoms with Crippen LogP contribution in [0.5, 0.6) is 0 Å². The van der Waals surface area contributed by atoms with Gasteiger partial charge in [-0.05, 0) is 37.2 Å². The fraction of sp³-hybridized carbons (Fsp3) is 0.429. The second-order valence-corrected chi connectivity index (χ2v) is 5.57. The predicted molar refractivity (Wildman–Crippen MR) is 78.7 cm³/mol. The Morgan fingerprint density at radius 1 is 1.11 bits per heavy atom. The van der Waals surface area contributed by atoms with Crippen molar-refractivity contribution in [1.82, 2.24) is 5.06 Å². The van der Waals surface area contributed by atoms with Crippen LogP contribution in [0, 0.1) is 5.41 Å². The van der Waals surface area contributed by atoms with Gasteiger partial charge in [0.15, 0.2) is 0 Å². The average molecular weight is 275 g/mol. The topological polar surface area (TPSA) is 50.6 Å². The van der Waals surface area contributed by atoms with Crippen LogP contribution in [0.25, 0.3) is 0 Å². The fourth-order valence-corrected chi connectivity index (χ4v) is 3.46. The molecule has 0 radical (unpaired) electrons. The molecule has 100 valence electrons. The molecule has 0 unspecified atom stereocenters. The lowest BCUT2D eigenvalue weighted by Crippen LogP contribution is -2.49. The minimum atomic E-state index is -0.606. The molecule has 0 bridgehead atoms. The standard InChI is InChI=1S/C14H17N3OS/c15-12-14(9-5-2-6-10-14)17(18)13(19)16(12)11-7-3-1-4-8-11/h1,3-4,7-8,15,18H,2,5-6,9-10H2. The number of hydrogen-bond acceptors (Lipinski definition) is 3. The number of amidine groups is 1. The largest absolute Gasteiger partial charge is 0.286 e. The molecule has 2 fully saturated rings. The summed E-state index contributed by atoms with van der Waals surface area (Å²) in [6, 6.07) is 9.59. The van der Waals surface area contributed by atoms with Crippen LogP contribution in [0.1, 0.15) is 32.1 Å². The summed E-state index contributed by atoms with van der Waals surface area (Å²) in [5.74, 6) is 0.408. The van der Waals surface area contributed by atoms with E-state index < -0.39 is 5.54 Å². The first-order chi connectivity index (χ1) is 9.17. The smallest absolute Gasteiger partial charge is 0.206 e. The van der Waals surface area contributed by atoms with Crippen molar-refractivity contribution in [1.29, 1.82) is 5.41 Å². The van der Waals surface area contributed by atoms with Crippen LogP contribution < -0.4 is 4.90 Å². The number of para-hydroxylation sites is 1. The Hall–Kier alpha value is -1.46. The highest BCUT2D eigenvalue weighted by Crippen LogP contribution is 2.41. The van der Waals surface area contributed by atoms with Crippen molar-refractivity contribution in [3.63, 3.8) is 0 Å². The predicted octanol–water partition coefficient (Wildman–Crippen LogP) is 3.16. The molecular weight excluding hydrogens is 258 g/mol. The summed E-state index contributed by atoms with van der Waals surface area (Å²) >= 11 is 5.34. The highest BCUT2D eigenvalue weighted by molar-refractivity contribution is 7.80. The number of nitrogens with zero attached hydrogens (tertiary/aromatic N) is 2. The third kappa shape index (κ3) is 1.76. The van der Waals surface area contributed by atoms with Crippen LogP contribution in [0.3, 0.4) is 0 Å². The van der Waals surface area contributed by atoms with Crippen molar-refractivity contribution in [3.8, 4) is 0 Å². The number of benzene rings is 1. The molecule has 1 heterocycles. The molecule has 1 saturated carbocycles. The van der Waals surface area contributed by atoms with Crippen molar-refractivity contribution in [2.24, 2.45) is 0 Å². The molecule has 1 spiro atoms. The number of thiocarbonyl (C=S) groups is 1. The van der Waals surface area contributed by atoms with Gasteiger partial charge in [-0.1, -0.05) is 37.5 Å². The molecule has 4 nitrogen and oxygen atoms in total. The maximum atomic E-state index is 10.4. The zero-order valence-electron chi connectivity index (χ0n) is 10.7. The molecule has 5 heteroatoms. The van der Waals surface area contributed by atoms with E-state index in [1.54, 1.807) is 4.90 Å². The number of hydrogen-bond donors (Lipinski definition) is 2. The Morgan fingerprint density at radius 2 is 1.74 bits per heavy atom. The maximum absolute atomic E-state index is 10.4. The van der Waals surface area contributed by atoms with Crippen LogP contribution in [0.2, 0.25) is 0 Å². The van der Waals surface area contributed by atoms with Gasteiger partial charge in [-0.25, -0.2) is 5.06 Å². The zero-order chi connectivity index (χ0) is 13.5. The van der Waals surface area contributed by atoms with Crippen molar-refractivity contribution in [2.75, 3.05) is 4.90 Å². The highest BCUT2D eigenvalue weighted by Gasteiger charge is 2.53. The summed E-state index contributed by atoms with van der Waals surface area (Å²) in [6.45, 7) is 0. The van der Waals surface area contributed by atoms with Crippen LogP contribution in [0.15, 0.2) is 30.3 Å². The first-order valence-corrected chi connectivity index (χ1v) is 7.05. The SMILES string of the molecule is N=C1N(c2ccccc2)C(=S)N(O)C12CCCCC2. The number of anilines is 1. The minimum absolute atomic E-state index is 0.318. The van der Waals surface area contributed by atoms with Crippen molar-refractivity contribution >= 4 is 28.9 Å². The van der Waals surface area contributed by atoms with Crippen LogP contribution >= 0.6 is 12.2 Å². The molecule has 3 rings (SSSR count). The van der Waals surface area contributed by atoms with E-state index in [0.717, 1.165) is 36.4 Å². The Morgan fingerprint density at radius 3 is 2.37 bits per heavy atom. The minimum Gasteiger partial charge on any atom is -0.286 e. The average Bonchev–Trinajstić information content (AvgIpc) is 2.63. The molecule has 0 aromatic heterocycles. The summed E-state index contributed by atoms with van der Waals surface area (Å²) in [5, 5.41) is 20.3. The van der Waals surface area contributed by atoms with E-state index >= 15 is 0 Å². The fourth-order valence-electron chi connectivity index (χ4n) is 3.08. The molecule has 19 heavy (non-hydrogen) atoms. The summed E-state index contributed by atoms with van der Waals surface area (Å²) in [7, 11) is 0. The molecule has 2 aliphatic rings. The quantitative estimate of drug-likeness (QED) is 0.773. The van der Waals surface area contributed by atoms with Crippen LogP contribution in [-0.2, 0) is 0 Å². The monoisotopic (exact) mass is 275 g/mol. The van der Waals surface area contributed by atoms with Crippen molar-refractivity contribution in [3.05, 3.63) is 30.3 Å². The molecule has 0 atom stereocenters. The van der Waals surface area contributed by atoms with E-state index in [2.05, 4.69) is 0 Å². The van der Waals surface area contributed by atoms with Gasteiger partial charge in [-0.15, -0.1) is 0 Å². The summed E-state index contributed by atoms with van der Waals surface area (Å²) < 4.78 is 0. The van der Waals surface area contributed by atoms with E-state index in [-0.39, 0.29) is 0 Å². The Balaban J connectivity index is 2.00. The number of rotatable bonds is 1. The van der Waals surface area contributed by atoms with Gasteiger partial charge >= 0.3 is 0 Å². The van der Waals surface area contributed by atoms with Crippen molar-refractivity contribution < 1.29 is 5.21 Å². The van der Waals surface area contributed by atoms with Gasteiger partial charge in [-0.3, -0.25) is 15.5 Å². The lowest BCUT2D eigenvalue weighted by Gasteiger charge is -2.36. The Labute approximate surface area is 118 Å². The van der Waals surface area contributed by atoms with E-state index in [1.807, 2.05) is 30.3 Å². The molecule has 1 saturated heterocycles. The first kappa shape index (κ1) is 12.6. The Bertz CT molecular complexity index is 511. The molecule has 1 aliphatic carbocycles. The van der Waals surface area contributed by atoms with Crippen molar-refractivity contribution in [2.45, 2.75) is 37.6 Å². The summed E-state index contributed by atoms with van der Waals surface area (Å²) in [6.07, 6.45) is 4.83. The van der Waals surface area contributed by atoms with Gasteiger partial charge in [0.05, 0.1) is 0 Å². The number of hydroxylamine groups is 2. The highest BCUT2D eigenvalue weighted by atomic mass is 32.1. The van der Waals surface area contributed by atoms with Gasteiger partial charge in [-0.2, -0.15) is 0 Å². The molecule has 2 N–H and O–H groups in total. The maximum Gasteiger partial charge on any atom is 0.206 e. The van der Waals surface area contributed by atoms with E-state index in [1.165, 1.54) is 6.42 Å². The number of nitrogens with one attached hydrogen (secondary N) is 1. The van der Waals surface area contributed by atoms with E-state index in [9.17, 15) is 5.21 Å². The lowest BCUT2D eigenvalue weighted by molar-refractivity contribution is -0.0816. The third-order valence-corrected chi connectivity index (χ3v) is 4.49. The second-order valence-electron chi connectivity index (χ2n) is 5.21. The third-order valence-electron chi connectivity index (χ3n) is 4.14.